The zero-order valence-corrected chi connectivity index (χ0v) is 18.5. The lowest BCUT2D eigenvalue weighted by Crippen LogP contribution is -2.49. The van der Waals surface area contributed by atoms with Crippen molar-refractivity contribution < 1.29 is 9.18 Å². The number of aromatic nitrogens is 2. The summed E-state index contributed by atoms with van der Waals surface area (Å²) in [6.07, 6.45) is 11.2. The topological polar surface area (TPSA) is 58.1 Å². The third kappa shape index (κ3) is 3.78. The molecule has 6 heteroatoms. The second-order valence-electron chi connectivity index (χ2n) is 10.8. The quantitative estimate of drug-likeness (QED) is 0.759. The Hall–Kier alpha value is -2.50. The molecule has 32 heavy (non-hydrogen) atoms. The predicted molar refractivity (Wildman–Crippen MR) is 120 cm³/mol. The summed E-state index contributed by atoms with van der Waals surface area (Å²) in [4.78, 5) is 23.8. The van der Waals surface area contributed by atoms with Gasteiger partial charge in [0.2, 0.25) is 5.91 Å². The number of hydrogen-bond donors (Lipinski definition) is 1. The van der Waals surface area contributed by atoms with Gasteiger partial charge in [0.05, 0.1) is 18.7 Å². The lowest BCUT2D eigenvalue weighted by molar-refractivity contribution is -0.131. The molecule has 2 aromatic rings. The SMILES string of the molecule is O=C(Cc1ccc(F)cc1)N1CCc2c(ncnc2NCC23CC4CC(CC(C4)C2)C3)C1. The van der Waals surface area contributed by atoms with Gasteiger partial charge in [0.1, 0.15) is 18.0 Å². The zero-order chi connectivity index (χ0) is 21.7. The van der Waals surface area contributed by atoms with Gasteiger partial charge in [-0.2, -0.15) is 0 Å². The number of hydrogen-bond acceptors (Lipinski definition) is 4. The number of amides is 1. The van der Waals surface area contributed by atoms with Crippen molar-refractivity contribution >= 4 is 11.7 Å². The largest absolute Gasteiger partial charge is 0.369 e. The lowest BCUT2D eigenvalue weighted by atomic mass is 9.49. The molecule has 0 radical (unpaired) electrons. The van der Waals surface area contributed by atoms with E-state index in [0.29, 0.717) is 18.5 Å². The van der Waals surface area contributed by atoms with E-state index in [1.54, 1.807) is 18.5 Å². The lowest BCUT2D eigenvalue weighted by Gasteiger charge is -2.57. The average molecular weight is 435 g/mol. The van der Waals surface area contributed by atoms with Crippen LogP contribution in [0.15, 0.2) is 30.6 Å². The highest BCUT2D eigenvalue weighted by atomic mass is 19.1. The van der Waals surface area contributed by atoms with Gasteiger partial charge in [-0.3, -0.25) is 4.79 Å². The van der Waals surface area contributed by atoms with Crippen molar-refractivity contribution in [2.45, 2.75) is 57.9 Å². The van der Waals surface area contributed by atoms with Crippen LogP contribution in [-0.2, 0) is 24.2 Å². The summed E-state index contributed by atoms with van der Waals surface area (Å²) in [5, 5.41) is 3.73. The highest BCUT2D eigenvalue weighted by Gasteiger charge is 2.50. The van der Waals surface area contributed by atoms with Gasteiger partial charge < -0.3 is 10.2 Å². The summed E-state index contributed by atoms with van der Waals surface area (Å²) in [6.45, 7) is 2.21. The van der Waals surface area contributed by atoms with Crippen LogP contribution in [0, 0.1) is 29.0 Å². The van der Waals surface area contributed by atoms with Crippen LogP contribution in [-0.4, -0.2) is 33.9 Å². The zero-order valence-electron chi connectivity index (χ0n) is 18.5. The molecule has 1 aromatic carbocycles. The Morgan fingerprint density at radius 2 is 1.75 bits per heavy atom. The van der Waals surface area contributed by atoms with E-state index in [1.165, 1.54) is 56.2 Å². The fourth-order valence-electron chi connectivity index (χ4n) is 7.39. The third-order valence-corrected chi connectivity index (χ3v) is 8.42. The molecule has 5 aliphatic rings. The molecule has 5 nitrogen and oxygen atoms in total. The van der Waals surface area contributed by atoms with Gasteiger partial charge in [-0.15, -0.1) is 0 Å². The van der Waals surface area contributed by atoms with Gasteiger partial charge in [-0.25, -0.2) is 14.4 Å². The maximum Gasteiger partial charge on any atom is 0.227 e. The van der Waals surface area contributed by atoms with Crippen LogP contribution in [0.3, 0.4) is 0 Å². The van der Waals surface area contributed by atoms with E-state index in [1.807, 2.05) is 4.90 Å². The first-order valence-electron chi connectivity index (χ1n) is 12.1. The van der Waals surface area contributed by atoms with Gasteiger partial charge in [0.15, 0.2) is 0 Å². The number of nitrogens with zero attached hydrogens (tertiary/aromatic N) is 3. The Morgan fingerprint density at radius 3 is 2.44 bits per heavy atom. The molecule has 0 spiro atoms. The van der Waals surface area contributed by atoms with Crippen LogP contribution in [0.5, 0.6) is 0 Å². The third-order valence-electron chi connectivity index (χ3n) is 8.42. The van der Waals surface area contributed by atoms with E-state index < -0.39 is 0 Å². The van der Waals surface area contributed by atoms with E-state index in [9.17, 15) is 9.18 Å². The molecule has 168 valence electrons. The molecule has 2 heterocycles. The van der Waals surface area contributed by atoms with Crippen LogP contribution in [0.1, 0.15) is 55.3 Å². The van der Waals surface area contributed by atoms with Gasteiger partial charge in [0.25, 0.3) is 0 Å². The van der Waals surface area contributed by atoms with Crippen molar-refractivity contribution in [2.24, 2.45) is 23.2 Å². The second-order valence-corrected chi connectivity index (χ2v) is 10.8. The summed E-state index contributed by atoms with van der Waals surface area (Å²) in [5.74, 6) is 3.59. The molecule has 1 N–H and O–H groups in total. The van der Waals surface area contributed by atoms with Crippen LogP contribution in [0.4, 0.5) is 10.2 Å². The number of carbonyl (C=O) groups excluding carboxylic acids is 1. The smallest absolute Gasteiger partial charge is 0.227 e. The number of rotatable bonds is 5. The molecule has 4 saturated carbocycles. The summed E-state index contributed by atoms with van der Waals surface area (Å²) in [5.41, 5.74) is 3.41. The minimum atomic E-state index is -0.279. The fraction of sp³-hybridized carbons (Fsp3) is 0.577. The molecule has 1 amide bonds. The standard InChI is InChI=1S/C26H31FN4O/c27-21-3-1-17(2-4-21)10-24(32)31-6-5-22-23(14-31)29-16-30-25(22)28-15-26-11-18-7-19(12-26)9-20(8-18)13-26/h1-4,16,18-20H,5-15H2,(H,28,29,30). The minimum absolute atomic E-state index is 0.0592. The average Bonchev–Trinajstić information content (AvgIpc) is 2.78. The Morgan fingerprint density at radius 1 is 1.06 bits per heavy atom. The number of benzene rings is 1. The summed E-state index contributed by atoms with van der Waals surface area (Å²) in [7, 11) is 0. The molecule has 1 aliphatic heterocycles. The monoisotopic (exact) mass is 434 g/mol. The van der Waals surface area contributed by atoms with Crippen LogP contribution >= 0.6 is 0 Å². The second kappa shape index (κ2) is 7.82. The van der Waals surface area contributed by atoms with Crippen molar-refractivity contribution in [3.63, 3.8) is 0 Å². The molecular weight excluding hydrogens is 403 g/mol. The first-order chi connectivity index (χ1) is 15.6. The molecule has 0 atom stereocenters. The number of fused-ring (bicyclic) bond motifs is 1. The van der Waals surface area contributed by atoms with Crippen molar-refractivity contribution in [1.82, 2.24) is 14.9 Å². The highest BCUT2D eigenvalue weighted by molar-refractivity contribution is 5.79. The van der Waals surface area contributed by atoms with Crippen LogP contribution in [0.25, 0.3) is 0 Å². The highest BCUT2D eigenvalue weighted by Crippen LogP contribution is 2.59. The first kappa shape index (κ1) is 20.1. The Balaban J connectivity index is 1.12. The maximum absolute atomic E-state index is 13.1. The van der Waals surface area contributed by atoms with Crippen molar-refractivity contribution in [3.05, 3.63) is 53.2 Å². The predicted octanol–water partition coefficient (Wildman–Crippen LogP) is 4.37. The molecule has 1 aromatic heterocycles. The van der Waals surface area contributed by atoms with E-state index in [2.05, 4.69) is 15.3 Å². The number of anilines is 1. The Labute approximate surface area is 188 Å². The van der Waals surface area contributed by atoms with Crippen molar-refractivity contribution in [3.8, 4) is 0 Å². The number of carbonyl (C=O) groups is 1. The molecule has 4 aliphatic carbocycles. The Bertz CT molecular complexity index is 986. The molecule has 4 fully saturated rings. The molecular formula is C26H31FN4O. The first-order valence-corrected chi connectivity index (χ1v) is 12.1. The summed E-state index contributed by atoms with van der Waals surface area (Å²) >= 11 is 0. The summed E-state index contributed by atoms with van der Waals surface area (Å²) in [6, 6.07) is 6.17. The van der Waals surface area contributed by atoms with Gasteiger partial charge >= 0.3 is 0 Å². The molecule has 0 saturated heterocycles. The fourth-order valence-corrected chi connectivity index (χ4v) is 7.39. The van der Waals surface area contributed by atoms with Crippen LogP contribution < -0.4 is 5.32 Å². The van der Waals surface area contributed by atoms with E-state index in [4.69, 9.17) is 0 Å². The molecule has 0 unspecified atom stereocenters. The van der Waals surface area contributed by atoms with E-state index in [0.717, 1.165) is 47.8 Å². The molecule has 4 bridgehead atoms. The Kier molecular flexibility index (Phi) is 4.92. The van der Waals surface area contributed by atoms with Gasteiger partial charge in [0, 0.05) is 18.7 Å². The van der Waals surface area contributed by atoms with Crippen LogP contribution in [0.2, 0.25) is 0 Å². The normalized spacial score (nSPS) is 30.3. The number of nitrogens with one attached hydrogen (secondary N) is 1. The van der Waals surface area contributed by atoms with Crippen molar-refractivity contribution in [1.29, 1.82) is 0 Å². The molecule has 7 rings (SSSR count). The van der Waals surface area contributed by atoms with Gasteiger partial charge in [-0.1, -0.05) is 12.1 Å². The summed E-state index contributed by atoms with van der Waals surface area (Å²) < 4.78 is 13.1. The minimum Gasteiger partial charge on any atom is -0.369 e. The van der Waals surface area contributed by atoms with E-state index >= 15 is 0 Å². The van der Waals surface area contributed by atoms with Gasteiger partial charge in [-0.05, 0) is 85.8 Å². The van der Waals surface area contributed by atoms with Crippen molar-refractivity contribution in [2.75, 3.05) is 18.4 Å². The maximum atomic E-state index is 13.1. The number of halogens is 1. The van der Waals surface area contributed by atoms with E-state index in [-0.39, 0.29) is 18.1 Å².